The molecule has 0 fully saturated rings. The maximum absolute atomic E-state index is 12.2. The third-order valence-electron chi connectivity index (χ3n) is 4.06. The highest BCUT2D eigenvalue weighted by atomic mass is 35.5. The molecule has 0 unspecified atom stereocenters. The normalized spacial score (nSPS) is 13.0. The molecule has 2 amide bonds. The second-order valence-corrected chi connectivity index (χ2v) is 6.34. The van der Waals surface area contributed by atoms with Gasteiger partial charge in [-0.25, -0.2) is 14.8 Å². The van der Waals surface area contributed by atoms with Crippen LogP contribution in [0.25, 0.3) is 11.3 Å². The van der Waals surface area contributed by atoms with E-state index < -0.39 is 0 Å². The molecule has 0 bridgehead atoms. The summed E-state index contributed by atoms with van der Waals surface area (Å²) in [4.78, 5) is 22.7. The molecule has 6 nitrogen and oxygen atoms in total. The molecule has 1 aromatic heterocycles. The molecule has 7 heteroatoms. The summed E-state index contributed by atoms with van der Waals surface area (Å²) in [7, 11) is 0. The average molecular weight is 346 g/mol. The monoisotopic (exact) mass is 345 g/mol. The maximum Gasteiger partial charge on any atom is 0.318 e. The number of urea groups is 1. The Balaban J connectivity index is 1.97. The molecule has 24 heavy (non-hydrogen) atoms. The summed E-state index contributed by atoms with van der Waals surface area (Å²) in [6.45, 7) is 5.57. The molecule has 0 saturated heterocycles. The van der Waals surface area contributed by atoms with E-state index in [-0.39, 0.29) is 12.0 Å². The number of nitrogens with zero attached hydrogens (tertiary/aromatic N) is 3. The number of fused-ring (bicyclic) bond motifs is 1. The van der Waals surface area contributed by atoms with Gasteiger partial charge < -0.3 is 16.0 Å². The van der Waals surface area contributed by atoms with Crippen LogP contribution in [0.15, 0.2) is 18.2 Å². The Morgan fingerprint density at radius 2 is 2.17 bits per heavy atom. The van der Waals surface area contributed by atoms with E-state index in [1.54, 1.807) is 4.90 Å². The summed E-state index contributed by atoms with van der Waals surface area (Å²) >= 11 is 6.05. The lowest BCUT2D eigenvalue weighted by atomic mass is 10.0. The van der Waals surface area contributed by atoms with Crippen molar-refractivity contribution in [1.29, 1.82) is 0 Å². The molecule has 126 valence electrons. The predicted octanol–water partition coefficient (Wildman–Crippen LogP) is 3.12. The van der Waals surface area contributed by atoms with Crippen LogP contribution in [0.4, 0.5) is 10.7 Å². The van der Waals surface area contributed by atoms with Crippen molar-refractivity contribution in [2.75, 3.05) is 12.3 Å². The molecule has 0 aliphatic carbocycles. The van der Waals surface area contributed by atoms with E-state index in [2.05, 4.69) is 15.3 Å². The Kier molecular flexibility index (Phi) is 4.57. The minimum atomic E-state index is -0.0906. The number of nitrogens with two attached hydrogens (primary N) is 1. The van der Waals surface area contributed by atoms with E-state index in [9.17, 15) is 4.79 Å². The van der Waals surface area contributed by atoms with Crippen LogP contribution in [0.2, 0.25) is 5.02 Å². The van der Waals surface area contributed by atoms with Crippen LogP contribution in [0.1, 0.15) is 30.2 Å². The number of carbonyl (C=O) groups excluding carboxylic acids is 1. The zero-order valence-electron chi connectivity index (χ0n) is 13.8. The first-order valence-corrected chi connectivity index (χ1v) is 8.32. The third-order valence-corrected chi connectivity index (χ3v) is 4.29. The van der Waals surface area contributed by atoms with Crippen molar-refractivity contribution in [3.8, 4) is 11.3 Å². The molecule has 1 aromatic carbocycles. The molecule has 0 atom stereocenters. The van der Waals surface area contributed by atoms with Gasteiger partial charge in [-0.05, 0) is 31.0 Å². The van der Waals surface area contributed by atoms with Crippen LogP contribution in [0.5, 0.6) is 0 Å². The Morgan fingerprint density at radius 1 is 1.38 bits per heavy atom. The van der Waals surface area contributed by atoms with E-state index in [1.165, 1.54) is 0 Å². The van der Waals surface area contributed by atoms with Crippen molar-refractivity contribution in [2.24, 2.45) is 0 Å². The van der Waals surface area contributed by atoms with Crippen molar-refractivity contribution in [3.05, 3.63) is 40.0 Å². The zero-order valence-corrected chi connectivity index (χ0v) is 14.5. The number of carbonyl (C=O) groups is 1. The standard InChI is InChI=1S/C17H20ClN5O/c1-3-6-20-17(24)23-8-13-14(9-23)21-16(19)22-15(13)12-5-4-11(18)7-10(12)2/h4-5,7H,3,6,8-9H2,1-2H3,(H,20,24)(H2,19,21,22). The lowest BCUT2D eigenvalue weighted by molar-refractivity contribution is 0.198. The summed E-state index contributed by atoms with van der Waals surface area (Å²) in [6, 6.07) is 5.56. The van der Waals surface area contributed by atoms with Gasteiger partial charge in [-0.2, -0.15) is 0 Å². The van der Waals surface area contributed by atoms with E-state index in [0.29, 0.717) is 24.7 Å². The molecule has 1 aliphatic rings. The minimum absolute atomic E-state index is 0.0906. The summed E-state index contributed by atoms with van der Waals surface area (Å²) < 4.78 is 0. The van der Waals surface area contributed by atoms with E-state index >= 15 is 0 Å². The molecule has 0 saturated carbocycles. The molecule has 0 radical (unpaired) electrons. The number of anilines is 1. The lowest BCUT2D eigenvalue weighted by Gasteiger charge is -2.16. The van der Waals surface area contributed by atoms with Crippen LogP contribution >= 0.6 is 11.6 Å². The first-order valence-electron chi connectivity index (χ1n) is 7.94. The highest BCUT2D eigenvalue weighted by Crippen LogP contribution is 2.33. The Labute approximate surface area is 146 Å². The largest absolute Gasteiger partial charge is 0.368 e. The quantitative estimate of drug-likeness (QED) is 0.895. The summed E-state index contributed by atoms with van der Waals surface area (Å²) in [5, 5.41) is 3.57. The number of benzene rings is 1. The molecule has 3 rings (SSSR count). The molecule has 0 spiro atoms. The van der Waals surface area contributed by atoms with Crippen molar-refractivity contribution in [3.63, 3.8) is 0 Å². The van der Waals surface area contributed by atoms with Crippen LogP contribution in [0, 0.1) is 6.92 Å². The Hall–Kier alpha value is -2.34. The van der Waals surface area contributed by atoms with Gasteiger partial charge >= 0.3 is 6.03 Å². The number of hydrogen-bond acceptors (Lipinski definition) is 4. The predicted molar refractivity (Wildman–Crippen MR) is 94.6 cm³/mol. The van der Waals surface area contributed by atoms with Gasteiger partial charge in [0.05, 0.1) is 24.5 Å². The van der Waals surface area contributed by atoms with Gasteiger partial charge in [0, 0.05) is 22.7 Å². The summed E-state index contributed by atoms with van der Waals surface area (Å²) in [5.74, 6) is 0.217. The van der Waals surface area contributed by atoms with Gasteiger partial charge in [-0.3, -0.25) is 0 Å². The first kappa shape index (κ1) is 16.5. The Bertz CT molecular complexity index is 793. The number of rotatable bonds is 3. The fourth-order valence-corrected chi connectivity index (χ4v) is 3.10. The summed E-state index contributed by atoms with van der Waals surface area (Å²) in [5.41, 5.74) is 10.4. The number of amides is 2. The molecule has 2 aromatic rings. The van der Waals surface area contributed by atoms with E-state index in [1.807, 2.05) is 32.0 Å². The number of nitrogen functional groups attached to an aromatic ring is 1. The van der Waals surface area contributed by atoms with E-state index in [0.717, 1.165) is 34.5 Å². The minimum Gasteiger partial charge on any atom is -0.368 e. The van der Waals surface area contributed by atoms with Crippen molar-refractivity contribution in [2.45, 2.75) is 33.4 Å². The molecule has 1 aliphatic heterocycles. The smallest absolute Gasteiger partial charge is 0.318 e. The first-order chi connectivity index (χ1) is 11.5. The van der Waals surface area contributed by atoms with Gasteiger partial charge in [0.1, 0.15) is 0 Å². The molecular formula is C17H20ClN5O. The average Bonchev–Trinajstić information content (AvgIpc) is 2.96. The second kappa shape index (κ2) is 6.65. The lowest BCUT2D eigenvalue weighted by Crippen LogP contribution is -2.36. The molecule has 2 heterocycles. The van der Waals surface area contributed by atoms with Crippen molar-refractivity contribution >= 4 is 23.6 Å². The zero-order chi connectivity index (χ0) is 17.3. The highest BCUT2D eigenvalue weighted by Gasteiger charge is 2.28. The van der Waals surface area contributed by atoms with Crippen LogP contribution < -0.4 is 11.1 Å². The van der Waals surface area contributed by atoms with Crippen molar-refractivity contribution in [1.82, 2.24) is 20.2 Å². The van der Waals surface area contributed by atoms with E-state index in [4.69, 9.17) is 17.3 Å². The number of hydrogen-bond donors (Lipinski definition) is 2. The van der Waals surface area contributed by atoms with Crippen LogP contribution in [0.3, 0.4) is 0 Å². The SMILES string of the molecule is CCCNC(=O)N1Cc2nc(N)nc(-c3ccc(Cl)cc3C)c2C1. The number of aromatic nitrogens is 2. The maximum atomic E-state index is 12.2. The second-order valence-electron chi connectivity index (χ2n) is 5.90. The van der Waals surface area contributed by atoms with Gasteiger partial charge in [-0.15, -0.1) is 0 Å². The Morgan fingerprint density at radius 3 is 2.88 bits per heavy atom. The van der Waals surface area contributed by atoms with Gasteiger partial charge in [-0.1, -0.05) is 24.6 Å². The van der Waals surface area contributed by atoms with Gasteiger partial charge in [0.2, 0.25) is 5.95 Å². The highest BCUT2D eigenvalue weighted by molar-refractivity contribution is 6.30. The van der Waals surface area contributed by atoms with Crippen LogP contribution in [-0.2, 0) is 13.1 Å². The number of aryl methyl sites for hydroxylation is 1. The van der Waals surface area contributed by atoms with Gasteiger partial charge in [0.25, 0.3) is 0 Å². The fraction of sp³-hybridized carbons (Fsp3) is 0.353. The number of nitrogens with one attached hydrogen (secondary N) is 1. The van der Waals surface area contributed by atoms with Gasteiger partial charge in [0.15, 0.2) is 0 Å². The third kappa shape index (κ3) is 3.14. The van der Waals surface area contributed by atoms with Crippen LogP contribution in [-0.4, -0.2) is 27.4 Å². The molecular weight excluding hydrogens is 326 g/mol. The number of halogens is 1. The topological polar surface area (TPSA) is 84.1 Å². The summed E-state index contributed by atoms with van der Waals surface area (Å²) in [6.07, 6.45) is 0.897. The molecule has 3 N–H and O–H groups in total. The fourth-order valence-electron chi connectivity index (χ4n) is 2.88. The van der Waals surface area contributed by atoms with Crippen molar-refractivity contribution < 1.29 is 4.79 Å².